The molecule has 3 aromatic rings. The molecule has 6 aliphatic carbocycles. The Kier molecular flexibility index (Phi) is 11.1. The molecule has 0 bridgehead atoms. The fourth-order valence-corrected chi connectivity index (χ4v) is 11.5. The van der Waals surface area contributed by atoms with E-state index in [0.717, 1.165) is 37.9 Å². The summed E-state index contributed by atoms with van der Waals surface area (Å²) in [5, 5.41) is 3.74. The van der Waals surface area contributed by atoms with Crippen LogP contribution in [0, 0.1) is 23.7 Å². The summed E-state index contributed by atoms with van der Waals surface area (Å²) in [5.74, 6) is 3.58. The van der Waals surface area contributed by atoms with Crippen LogP contribution in [0.15, 0.2) is 197 Å². The van der Waals surface area contributed by atoms with Gasteiger partial charge in [-0.3, -0.25) is 4.99 Å². The van der Waals surface area contributed by atoms with Crippen LogP contribution in [0.5, 0.6) is 0 Å². The van der Waals surface area contributed by atoms with Crippen LogP contribution in [-0.2, 0) is 6.42 Å². The van der Waals surface area contributed by atoms with Crippen molar-refractivity contribution in [3.8, 4) is 0 Å². The highest BCUT2D eigenvalue weighted by molar-refractivity contribution is 5.99. The number of likely N-dealkylation sites (tertiary alicyclic amines) is 1. The summed E-state index contributed by atoms with van der Waals surface area (Å²) >= 11 is 0. The van der Waals surface area contributed by atoms with Gasteiger partial charge in [0, 0.05) is 29.4 Å². The van der Waals surface area contributed by atoms with Gasteiger partial charge in [-0.1, -0.05) is 169 Å². The van der Waals surface area contributed by atoms with Crippen molar-refractivity contribution in [2.75, 3.05) is 0 Å². The number of aliphatic imine (C=N–C) groups is 1. The maximum Gasteiger partial charge on any atom is 0.125 e. The van der Waals surface area contributed by atoms with E-state index in [0.29, 0.717) is 41.7 Å². The lowest BCUT2D eigenvalue weighted by Crippen LogP contribution is -2.48. The van der Waals surface area contributed by atoms with E-state index in [1.54, 1.807) is 16.7 Å². The Balaban J connectivity index is 0.879. The van der Waals surface area contributed by atoms with E-state index in [-0.39, 0.29) is 18.1 Å². The summed E-state index contributed by atoms with van der Waals surface area (Å²) < 4.78 is 0. The molecule has 3 aromatic carbocycles. The smallest absolute Gasteiger partial charge is 0.125 e. The number of amidine groups is 1. The molecule has 1 saturated heterocycles. The SMILES string of the molecule is CC(N=C(NC(N)C1C=C(N2C3C=CC=CC3C3CC(C4=CCC5C(=C4)CCC(Cc4ccccc4)c4ccccc45)C=CC32)C=CC1)C1=CC=CCC1)c1ccccc1. The molecular formula is C56H60N4. The lowest BCUT2D eigenvalue weighted by atomic mass is 9.72. The Bertz CT molecular complexity index is 2350. The van der Waals surface area contributed by atoms with E-state index in [4.69, 9.17) is 10.7 Å². The number of nitrogens with two attached hydrogens (primary N) is 1. The fourth-order valence-electron chi connectivity index (χ4n) is 11.5. The van der Waals surface area contributed by atoms with E-state index < -0.39 is 0 Å². The summed E-state index contributed by atoms with van der Waals surface area (Å²) in [6, 6.07) is 31.7. The van der Waals surface area contributed by atoms with Crippen LogP contribution >= 0.6 is 0 Å². The highest BCUT2D eigenvalue weighted by Gasteiger charge is 2.49. The predicted molar refractivity (Wildman–Crippen MR) is 249 cm³/mol. The molecule has 60 heavy (non-hydrogen) atoms. The van der Waals surface area contributed by atoms with Gasteiger partial charge in [0.05, 0.1) is 24.3 Å². The molecule has 0 saturated carbocycles. The summed E-state index contributed by atoms with van der Waals surface area (Å²) in [6.07, 6.45) is 42.0. The lowest BCUT2D eigenvalue weighted by Gasteiger charge is -2.37. The molecule has 7 aliphatic rings. The molecule has 1 fully saturated rings. The normalized spacial score (nSPS) is 30.1. The largest absolute Gasteiger partial charge is 0.358 e. The second-order valence-corrected chi connectivity index (χ2v) is 18.2. The van der Waals surface area contributed by atoms with Gasteiger partial charge in [0.25, 0.3) is 0 Å². The molecule has 10 unspecified atom stereocenters. The fraction of sp³-hybridized carbons (Fsp3) is 0.339. The van der Waals surface area contributed by atoms with Crippen LogP contribution in [0.1, 0.15) is 92.0 Å². The molecule has 1 aliphatic heterocycles. The minimum absolute atomic E-state index is 0.0275. The van der Waals surface area contributed by atoms with E-state index in [9.17, 15) is 0 Å². The Labute approximate surface area is 358 Å². The molecular weight excluding hydrogens is 729 g/mol. The van der Waals surface area contributed by atoms with Gasteiger partial charge in [-0.05, 0) is 110 Å². The first-order valence-corrected chi connectivity index (χ1v) is 22.8. The third-order valence-electron chi connectivity index (χ3n) is 14.6. The summed E-state index contributed by atoms with van der Waals surface area (Å²) in [4.78, 5) is 7.97. The number of allylic oxidation sites excluding steroid dienone is 12. The second-order valence-electron chi connectivity index (χ2n) is 18.2. The van der Waals surface area contributed by atoms with E-state index in [1.165, 1.54) is 47.2 Å². The molecule has 10 atom stereocenters. The van der Waals surface area contributed by atoms with Crippen molar-refractivity contribution in [1.29, 1.82) is 0 Å². The number of rotatable bonds is 9. The highest BCUT2D eigenvalue weighted by Crippen LogP contribution is 2.51. The van der Waals surface area contributed by atoms with Crippen molar-refractivity contribution in [1.82, 2.24) is 10.2 Å². The molecule has 10 rings (SSSR count). The molecule has 0 amide bonds. The zero-order valence-corrected chi connectivity index (χ0v) is 35.1. The maximum absolute atomic E-state index is 7.14. The average molecular weight is 789 g/mol. The van der Waals surface area contributed by atoms with Crippen molar-refractivity contribution in [3.63, 3.8) is 0 Å². The molecule has 1 heterocycles. The van der Waals surface area contributed by atoms with Crippen LogP contribution in [0.3, 0.4) is 0 Å². The minimum atomic E-state index is -0.263. The van der Waals surface area contributed by atoms with E-state index >= 15 is 0 Å². The van der Waals surface area contributed by atoms with Crippen LogP contribution in [0.25, 0.3) is 0 Å². The quantitative estimate of drug-likeness (QED) is 0.0983. The number of benzene rings is 3. The monoisotopic (exact) mass is 788 g/mol. The summed E-state index contributed by atoms with van der Waals surface area (Å²) in [5.41, 5.74) is 18.6. The molecule has 304 valence electrons. The Morgan fingerprint density at radius 1 is 0.833 bits per heavy atom. The molecule has 4 nitrogen and oxygen atoms in total. The standard InChI is InChI=1S/C56H60N4/c1-38(40-18-7-3-8-19-40)58-56(41-20-9-4-10-21-41)59-55(57)46-22-15-23-47(36-46)60-53-27-14-13-26-51(53)52-37-43(31-33-54(52)60)42-30-32-49-45(35-42)29-28-44(34-39-16-5-2-6-17-39)48-24-11-12-25-50(48)49/h2-9,11-20,23-27,30-31,33,35-36,38,43-44,46,49,51-55H,10,21-22,28-29,32,34,37,57H2,1H3,(H,58,59). The zero-order valence-electron chi connectivity index (χ0n) is 35.1. The Morgan fingerprint density at radius 2 is 1.63 bits per heavy atom. The van der Waals surface area contributed by atoms with Gasteiger partial charge >= 0.3 is 0 Å². The number of nitrogens with one attached hydrogen (secondary N) is 1. The third-order valence-corrected chi connectivity index (χ3v) is 14.6. The Hall–Kier alpha value is -5.45. The molecule has 4 heteroatoms. The van der Waals surface area contributed by atoms with Gasteiger partial charge in [0.1, 0.15) is 5.84 Å². The lowest BCUT2D eigenvalue weighted by molar-refractivity contribution is 0.281. The van der Waals surface area contributed by atoms with E-state index in [2.05, 4.69) is 187 Å². The average Bonchev–Trinajstić information content (AvgIpc) is 3.56. The van der Waals surface area contributed by atoms with Crippen LogP contribution in [-0.4, -0.2) is 29.0 Å². The molecule has 0 spiro atoms. The van der Waals surface area contributed by atoms with Crippen molar-refractivity contribution in [3.05, 3.63) is 215 Å². The van der Waals surface area contributed by atoms with Crippen LogP contribution < -0.4 is 11.1 Å². The minimum Gasteiger partial charge on any atom is -0.358 e. The first-order valence-electron chi connectivity index (χ1n) is 22.8. The summed E-state index contributed by atoms with van der Waals surface area (Å²) in [6.45, 7) is 2.18. The first kappa shape index (κ1) is 38.7. The number of hydrogen-bond donors (Lipinski definition) is 2. The van der Waals surface area contributed by atoms with Gasteiger partial charge < -0.3 is 16.0 Å². The molecule has 3 N–H and O–H groups in total. The van der Waals surface area contributed by atoms with Crippen molar-refractivity contribution in [2.24, 2.45) is 34.4 Å². The van der Waals surface area contributed by atoms with Crippen molar-refractivity contribution in [2.45, 2.75) is 94.4 Å². The third kappa shape index (κ3) is 7.83. The first-order chi connectivity index (χ1) is 29.6. The summed E-state index contributed by atoms with van der Waals surface area (Å²) in [7, 11) is 0. The topological polar surface area (TPSA) is 53.6 Å². The molecule has 0 aromatic heterocycles. The van der Waals surface area contributed by atoms with Crippen LogP contribution in [0.2, 0.25) is 0 Å². The predicted octanol–water partition coefficient (Wildman–Crippen LogP) is 11.9. The van der Waals surface area contributed by atoms with E-state index in [1.807, 2.05) is 0 Å². The molecule has 0 radical (unpaired) electrons. The number of nitrogens with zero attached hydrogens (tertiary/aromatic N) is 2. The highest BCUT2D eigenvalue weighted by atomic mass is 15.2. The van der Waals surface area contributed by atoms with Gasteiger partial charge in [0.15, 0.2) is 0 Å². The van der Waals surface area contributed by atoms with Gasteiger partial charge in [-0.2, -0.15) is 0 Å². The van der Waals surface area contributed by atoms with Gasteiger partial charge in [-0.15, -0.1) is 0 Å². The maximum atomic E-state index is 7.14. The second kappa shape index (κ2) is 17.3. The van der Waals surface area contributed by atoms with Gasteiger partial charge in [0.2, 0.25) is 0 Å². The number of hydrogen-bond acceptors (Lipinski definition) is 3. The van der Waals surface area contributed by atoms with Gasteiger partial charge in [-0.25, -0.2) is 0 Å². The zero-order chi connectivity index (χ0) is 40.4. The Morgan fingerprint density at radius 3 is 2.47 bits per heavy atom. The van der Waals surface area contributed by atoms with Crippen molar-refractivity contribution >= 4 is 5.84 Å². The van der Waals surface area contributed by atoms with Crippen molar-refractivity contribution < 1.29 is 0 Å². The number of fused-ring (bicyclic) bond motifs is 6. The van der Waals surface area contributed by atoms with Crippen LogP contribution in [0.4, 0.5) is 0 Å².